The molecule has 2 aliphatic carbocycles. The Morgan fingerprint density at radius 3 is 2.80 bits per heavy atom. The maximum absolute atomic E-state index is 3.92. The van der Waals surface area contributed by atoms with E-state index in [1.807, 2.05) is 0 Å². The zero-order chi connectivity index (χ0) is 13.5. The van der Waals surface area contributed by atoms with E-state index in [0.29, 0.717) is 6.04 Å². The highest BCUT2D eigenvalue weighted by Crippen LogP contribution is 2.36. The Hall–Kier alpha value is -1.28. The fourth-order valence-electron chi connectivity index (χ4n) is 4.12. The van der Waals surface area contributed by atoms with E-state index in [1.165, 1.54) is 67.1 Å². The van der Waals surface area contributed by atoms with E-state index in [-0.39, 0.29) is 0 Å². The standard InChI is InChI=1S/C18H24N2/c1-12-9-10-16-15(11-12)14-7-4-8-17(18(14)20-16)19-13-5-2-3-6-13/h9-11,13,17,19-20H,2-8H2,1H3. The van der Waals surface area contributed by atoms with E-state index in [4.69, 9.17) is 0 Å². The minimum absolute atomic E-state index is 0.551. The molecule has 1 unspecified atom stereocenters. The van der Waals surface area contributed by atoms with E-state index < -0.39 is 0 Å². The van der Waals surface area contributed by atoms with E-state index in [1.54, 1.807) is 5.56 Å². The van der Waals surface area contributed by atoms with Gasteiger partial charge in [0.15, 0.2) is 0 Å². The second-order valence-electron chi connectivity index (χ2n) is 6.66. The van der Waals surface area contributed by atoms with Crippen LogP contribution < -0.4 is 5.32 Å². The van der Waals surface area contributed by atoms with Crippen LogP contribution >= 0.6 is 0 Å². The monoisotopic (exact) mass is 268 g/mol. The number of benzene rings is 1. The largest absolute Gasteiger partial charge is 0.357 e. The highest BCUT2D eigenvalue weighted by Gasteiger charge is 2.27. The molecule has 0 saturated heterocycles. The lowest BCUT2D eigenvalue weighted by Crippen LogP contribution is -2.32. The SMILES string of the molecule is Cc1ccc2[nH]c3c(c2c1)CCCC3NC1CCCC1. The van der Waals surface area contributed by atoms with Crippen molar-refractivity contribution in [3.05, 3.63) is 35.0 Å². The summed E-state index contributed by atoms with van der Waals surface area (Å²) in [6, 6.07) is 8.11. The van der Waals surface area contributed by atoms with Gasteiger partial charge in [0.05, 0.1) is 0 Å². The molecule has 0 radical (unpaired) electrons. The Bertz CT molecular complexity index is 620. The summed E-state index contributed by atoms with van der Waals surface area (Å²) in [6.07, 6.45) is 9.39. The van der Waals surface area contributed by atoms with Gasteiger partial charge in [-0.3, -0.25) is 0 Å². The summed E-state index contributed by atoms with van der Waals surface area (Å²) in [5.41, 5.74) is 5.74. The minimum atomic E-state index is 0.551. The summed E-state index contributed by atoms with van der Waals surface area (Å²) in [4.78, 5) is 3.70. The number of aryl methyl sites for hydroxylation is 2. The Balaban J connectivity index is 1.71. The number of hydrogen-bond donors (Lipinski definition) is 2. The first-order valence-electron chi connectivity index (χ1n) is 8.18. The molecule has 1 saturated carbocycles. The van der Waals surface area contributed by atoms with Gasteiger partial charge < -0.3 is 10.3 Å². The molecule has 20 heavy (non-hydrogen) atoms. The van der Waals surface area contributed by atoms with Crippen molar-refractivity contribution in [2.75, 3.05) is 0 Å². The van der Waals surface area contributed by atoms with Gasteiger partial charge in [-0.05, 0) is 56.7 Å². The normalized spacial score (nSPS) is 23.4. The van der Waals surface area contributed by atoms with Crippen LogP contribution in [0.3, 0.4) is 0 Å². The third kappa shape index (κ3) is 2.07. The molecule has 0 bridgehead atoms. The van der Waals surface area contributed by atoms with Gasteiger partial charge in [-0.25, -0.2) is 0 Å². The summed E-state index contributed by atoms with van der Waals surface area (Å²) in [7, 11) is 0. The summed E-state index contributed by atoms with van der Waals surface area (Å²) < 4.78 is 0. The van der Waals surface area contributed by atoms with Gasteiger partial charge in [0.1, 0.15) is 0 Å². The third-order valence-electron chi connectivity index (χ3n) is 5.15. The molecule has 2 heteroatoms. The van der Waals surface area contributed by atoms with Crippen LogP contribution in [0.5, 0.6) is 0 Å². The predicted octanol–water partition coefficient (Wildman–Crippen LogP) is 4.39. The molecule has 0 spiro atoms. The second kappa shape index (κ2) is 4.92. The van der Waals surface area contributed by atoms with Gasteiger partial charge in [-0.2, -0.15) is 0 Å². The Kier molecular flexibility index (Phi) is 3.07. The van der Waals surface area contributed by atoms with E-state index in [2.05, 4.69) is 35.4 Å². The molecule has 2 nitrogen and oxygen atoms in total. The van der Waals surface area contributed by atoms with Crippen LogP contribution in [0.1, 0.15) is 61.4 Å². The number of nitrogens with one attached hydrogen (secondary N) is 2. The summed E-state index contributed by atoms with van der Waals surface area (Å²) in [6.45, 7) is 2.19. The van der Waals surface area contributed by atoms with Crippen molar-refractivity contribution in [3.63, 3.8) is 0 Å². The van der Waals surface area contributed by atoms with Crippen molar-refractivity contribution in [2.45, 2.75) is 64.0 Å². The predicted molar refractivity (Wildman–Crippen MR) is 84.1 cm³/mol. The molecule has 1 fully saturated rings. The van der Waals surface area contributed by atoms with Crippen molar-refractivity contribution in [3.8, 4) is 0 Å². The number of aromatic amines is 1. The summed E-state index contributed by atoms with van der Waals surface area (Å²) in [5, 5.41) is 5.37. The zero-order valence-corrected chi connectivity index (χ0v) is 12.3. The number of H-pyrrole nitrogens is 1. The van der Waals surface area contributed by atoms with Gasteiger partial charge in [0.25, 0.3) is 0 Å². The molecular weight excluding hydrogens is 244 g/mol. The number of hydrogen-bond acceptors (Lipinski definition) is 1. The van der Waals surface area contributed by atoms with Gasteiger partial charge >= 0.3 is 0 Å². The fraction of sp³-hybridized carbons (Fsp3) is 0.556. The number of fused-ring (bicyclic) bond motifs is 3. The smallest absolute Gasteiger partial charge is 0.0478 e. The molecule has 0 aliphatic heterocycles. The summed E-state index contributed by atoms with van der Waals surface area (Å²) in [5.74, 6) is 0. The van der Waals surface area contributed by atoms with Gasteiger partial charge in [0, 0.05) is 28.7 Å². The van der Waals surface area contributed by atoms with Gasteiger partial charge in [0.2, 0.25) is 0 Å². The lowest BCUT2D eigenvalue weighted by atomic mass is 9.91. The summed E-state index contributed by atoms with van der Waals surface area (Å²) >= 11 is 0. The van der Waals surface area contributed by atoms with Crippen molar-refractivity contribution < 1.29 is 0 Å². The van der Waals surface area contributed by atoms with Crippen LogP contribution in [0.4, 0.5) is 0 Å². The van der Waals surface area contributed by atoms with Crippen molar-refractivity contribution in [1.82, 2.24) is 10.3 Å². The first-order valence-corrected chi connectivity index (χ1v) is 8.18. The Labute approximate surface area is 121 Å². The van der Waals surface area contributed by atoms with Crippen LogP contribution in [0, 0.1) is 6.92 Å². The minimum Gasteiger partial charge on any atom is -0.357 e. The van der Waals surface area contributed by atoms with Crippen molar-refractivity contribution in [2.24, 2.45) is 0 Å². The molecular formula is C18H24N2. The number of rotatable bonds is 2. The van der Waals surface area contributed by atoms with Crippen LogP contribution in [-0.2, 0) is 6.42 Å². The van der Waals surface area contributed by atoms with Crippen LogP contribution in [0.25, 0.3) is 10.9 Å². The second-order valence-corrected chi connectivity index (χ2v) is 6.66. The van der Waals surface area contributed by atoms with Crippen molar-refractivity contribution >= 4 is 10.9 Å². The molecule has 2 aliphatic rings. The Morgan fingerprint density at radius 2 is 1.95 bits per heavy atom. The lowest BCUT2D eigenvalue weighted by Gasteiger charge is -2.27. The molecule has 2 aromatic rings. The maximum atomic E-state index is 3.92. The van der Waals surface area contributed by atoms with E-state index >= 15 is 0 Å². The van der Waals surface area contributed by atoms with Gasteiger partial charge in [-0.1, -0.05) is 24.5 Å². The fourth-order valence-corrected chi connectivity index (χ4v) is 4.12. The average Bonchev–Trinajstić information content (AvgIpc) is 3.07. The topological polar surface area (TPSA) is 27.8 Å². The van der Waals surface area contributed by atoms with E-state index in [0.717, 1.165) is 6.04 Å². The van der Waals surface area contributed by atoms with Crippen molar-refractivity contribution in [1.29, 1.82) is 0 Å². The molecule has 106 valence electrons. The molecule has 0 amide bonds. The highest BCUT2D eigenvalue weighted by molar-refractivity contribution is 5.85. The maximum Gasteiger partial charge on any atom is 0.0478 e. The first kappa shape index (κ1) is 12.5. The van der Waals surface area contributed by atoms with Crippen LogP contribution in [0.15, 0.2) is 18.2 Å². The van der Waals surface area contributed by atoms with Crippen LogP contribution in [-0.4, -0.2) is 11.0 Å². The third-order valence-corrected chi connectivity index (χ3v) is 5.15. The van der Waals surface area contributed by atoms with Crippen LogP contribution in [0.2, 0.25) is 0 Å². The zero-order valence-electron chi connectivity index (χ0n) is 12.3. The highest BCUT2D eigenvalue weighted by atomic mass is 15.0. The molecule has 4 rings (SSSR count). The quantitative estimate of drug-likeness (QED) is 0.831. The first-order chi connectivity index (χ1) is 9.81. The van der Waals surface area contributed by atoms with Gasteiger partial charge in [-0.15, -0.1) is 0 Å². The Morgan fingerprint density at radius 1 is 1.10 bits per heavy atom. The molecule has 1 aromatic heterocycles. The average molecular weight is 268 g/mol. The molecule has 1 atom stereocenters. The molecule has 1 aromatic carbocycles. The molecule has 2 N–H and O–H groups in total. The molecule has 1 heterocycles. The lowest BCUT2D eigenvalue weighted by molar-refractivity contribution is 0.392. The van der Waals surface area contributed by atoms with E-state index in [9.17, 15) is 0 Å². The number of aromatic nitrogens is 1.